The van der Waals surface area contributed by atoms with Gasteiger partial charge in [-0.3, -0.25) is 14.1 Å². The van der Waals surface area contributed by atoms with Crippen molar-refractivity contribution in [2.75, 3.05) is 44.2 Å². The van der Waals surface area contributed by atoms with E-state index in [1.165, 1.54) is 38.5 Å². The van der Waals surface area contributed by atoms with Gasteiger partial charge in [-0.25, -0.2) is 4.98 Å². The van der Waals surface area contributed by atoms with Crippen LogP contribution >= 0.6 is 0 Å². The Labute approximate surface area is 213 Å². The number of aromatic nitrogens is 3. The number of fused-ring (bicyclic) bond motifs is 3. The summed E-state index contributed by atoms with van der Waals surface area (Å²) in [5, 5.41) is 3.35. The van der Waals surface area contributed by atoms with E-state index in [-0.39, 0.29) is 5.91 Å². The molecular weight excluding hydrogens is 448 g/mol. The maximum atomic E-state index is 12.6. The van der Waals surface area contributed by atoms with Crippen molar-refractivity contribution in [2.45, 2.75) is 51.4 Å². The number of carbonyl (C=O) groups is 1. The number of rotatable bonds is 7. The van der Waals surface area contributed by atoms with E-state index in [1.807, 2.05) is 18.2 Å². The van der Waals surface area contributed by atoms with Gasteiger partial charge in [0.25, 0.3) is 0 Å². The number of hydrogen-bond donors (Lipinski definition) is 1. The molecule has 1 amide bonds. The van der Waals surface area contributed by atoms with Crippen LogP contribution in [0.5, 0.6) is 0 Å². The van der Waals surface area contributed by atoms with Gasteiger partial charge in [-0.2, -0.15) is 4.98 Å². The lowest BCUT2D eigenvalue weighted by Crippen LogP contribution is -2.51. The monoisotopic (exact) mass is 486 g/mol. The Balaban J connectivity index is 0.864. The van der Waals surface area contributed by atoms with Crippen LogP contribution in [0.3, 0.4) is 0 Å². The normalized spacial score (nSPS) is 29.9. The van der Waals surface area contributed by atoms with Crippen molar-refractivity contribution in [2.24, 2.45) is 23.2 Å². The lowest BCUT2D eigenvalue weighted by Gasteiger charge is -2.56. The molecular formula is C29H38N6O. The predicted molar refractivity (Wildman–Crippen MR) is 142 cm³/mol. The first-order valence-electron chi connectivity index (χ1n) is 14.1. The average molecular weight is 487 g/mol. The molecule has 1 aliphatic heterocycles. The van der Waals surface area contributed by atoms with Gasteiger partial charge in [0.05, 0.1) is 11.0 Å². The Kier molecular flexibility index (Phi) is 5.64. The minimum atomic E-state index is 0.258. The minimum absolute atomic E-state index is 0.258. The van der Waals surface area contributed by atoms with E-state index >= 15 is 0 Å². The summed E-state index contributed by atoms with van der Waals surface area (Å²) >= 11 is 0. The van der Waals surface area contributed by atoms with Gasteiger partial charge in [0, 0.05) is 45.3 Å². The van der Waals surface area contributed by atoms with Crippen LogP contribution in [0.25, 0.3) is 16.8 Å². The van der Waals surface area contributed by atoms with E-state index in [2.05, 4.69) is 42.8 Å². The summed E-state index contributed by atoms with van der Waals surface area (Å²) in [6, 6.07) is 10.3. The zero-order valence-electron chi connectivity index (χ0n) is 21.2. The lowest BCUT2D eigenvalue weighted by atomic mass is 9.49. The summed E-state index contributed by atoms with van der Waals surface area (Å²) in [6.07, 6.45) is 12.2. The smallest absolute Gasteiger partial charge is 0.236 e. The van der Waals surface area contributed by atoms with Crippen LogP contribution in [0.2, 0.25) is 0 Å². The molecule has 0 spiro atoms. The van der Waals surface area contributed by atoms with E-state index in [9.17, 15) is 4.79 Å². The molecule has 8 rings (SSSR count). The first-order valence-corrected chi connectivity index (χ1v) is 14.1. The van der Waals surface area contributed by atoms with Gasteiger partial charge in [0.2, 0.25) is 11.7 Å². The third kappa shape index (κ3) is 4.25. The number of imidazole rings is 1. The zero-order chi connectivity index (χ0) is 24.1. The number of carbonyl (C=O) groups excluding carboxylic acids is 1. The van der Waals surface area contributed by atoms with Crippen molar-refractivity contribution < 1.29 is 4.79 Å². The van der Waals surface area contributed by atoms with Gasteiger partial charge < -0.3 is 10.2 Å². The molecule has 190 valence electrons. The molecule has 4 aliphatic carbocycles. The molecule has 7 nitrogen and oxygen atoms in total. The number of anilines is 1. The molecule has 1 saturated heterocycles. The maximum absolute atomic E-state index is 12.6. The van der Waals surface area contributed by atoms with Gasteiger partial charge in [0.15, 0.2) is 0 Å². The predicted octanol–water partition coefficient (Wildman–Crippen LogP) is 4.12. The standard InChI is InChI=1S/C29H38N6O/c36-27(30-20-29-17-21-14-22(18-29)16-23(15-21)19-29)6-3-8-33-10-12-34(13-11-33)26-7-9-35-25-5-2-1-4-24(25)31-28(35)32-26/h1-2,4-5,7,9,21-23H,3,6,8,10-20H2,(H,30,36). The molecule has 5 aliphatic rings. The van der Waals surface area contributed by atoms with Crippen molar-refractivity contribution in [3.05, 3.63) is 36.5 Å². The lowest BCUT2D eigenvalue weighted by molar-refractivity contribution is -0.123. The third-order valence-corrected chi connectivity index (χ3v) is 9.56. The van der Waals surface area contributed by atoms with Crippen LogP contribution in [0.4, 0.5) is 5.82 Å². The molecule has 5 fully saturated rings. The summed E-state index contributed by atoms with van der Waals surface area (Å²) in [5.41, 5.74) is 2.51. The quantitative estimate of drug-likeness (QED) is 0.544. The number of para-hydroxylation sites is 2. The second-order valence-electron chi connectivity index (χ2n) is 12.2. The van der Waals surface area contributed by atoms with E-state index in [1.54, 1.807) is 0 Å². The van der Waals surface area contributed by atoms with Crippen molar-refractivity contribution in [1.82, 2.24) is 24.6 Å². The highest BCUT2D eigenvalue weighted by Gasteiger charge is 2.50. The summed E-state index contributed by atoms with van der Waals surface area (Å²) in [7, 11) is 0. The molecule has 7 heteroatoms. The van der Waals surface area contributed by atoms with Crippen LogP contribution in [0, 0.1) is 23.2 Å². The molecule has 1 N–H and O–H groups in total. The molecule has 0 atom stereocenters. The fraction of sp³-hybridized carbons (Fsp3) is 0.621. The fourth-order valence-corrected chi connectivity index (χ4v) is 8.26. The van der Waals surface area contributed by atoms with Gasteiger partial charge in [0.1, 0.15) is 5.82 Å². The highest BCUT2D eigenvalue weighted by molar-refractivity contribution is 5.79. The molecule has 36 heavy (non-hydrogen) atoms. The van der Waals surface area contributed by atoms with E-state index in [0.717, 1.165) is 86.1 Å². The highest BCUT2D eigenvalue weighted by Crippen LogP contribution is 2.59. The van der Waals surface area contributed by atoms with Crippen molar-refractivity contribution in [1.29, 1.82) is 0 Å². The van der Waals surface area contributed by atoms with Crippen LogP contribution in [0.1, 0.15) is 51.4 Å². The number of hydrogen-bond acceptors (Lipinski definition) is 5. The van der Waals surface area contributed by atoms with Crippen LogP contribution in [-0.2, 0) is 4.79 Å². The number of nitrogens with zero attached hydrogens (tertiary/aromatic N) is 5. The first kappa shape index (κ1) is 22.5. The van der Waals surface area contributed by atoms with Crippen molar-refractivity contribution in [3.8, 4) is 0 Å². The second-order valence-corrected chi connectivity index (χ2v) is 12.2. The summed E-state index contributed by atoms with van der Waals surface area (Å²) < 4.78 is 2.06. The Morgan fingerprint density at radius 1 is 0.944 bits per heavy atom. The second kappa shape index (κ2) is 9.02. The Hall–Kier alpha value is -2.67. The molecule has 0 unspecified atom stereocenters. The molecule has 0 radical (unpaired) electrons. The molecule has 1 aromatic carbocycles. The summed E-state index contributed by atoms with van der Waals surface area (Å²) in [4.78, 5) is 27.0. The first-order chi connectivity index (χ1) is 17.6. The molecule has 4 bridgehead atoms. The van der Waals surface area contributed by atoms with Gasteiger partial charge in [-0.15, -0.1) is 0 Å². The van der Waals surface area contributed by atoms with Crippen molar-refractivity contribution >= 4 is 28.5 Å². The number of amides is 1. The van der Waals surface area contributed by atoms with E-state index < -0.39 is 0 Å². The Bertz CT molecular complexity index is 1220. The summed E-state index contributed by atoms with van der Waals surface area (Å²) in [6.45, 7) is 5.87. The number of benzene rings is 1. The zero-order valence-corrected chi connectivity index (χ0v) is 21.2. The minimum Gasteiger partial charge on any atom is -0.356 e. The topological polar surface area (TPSA) is 65.8 Å². The largest absolute Gasteiger partial charge is 0.356 e. The van der Waals surface area contributed by atoms with Gasteiger partial charge in [-0.05, 0) is 92.9 Å². The molecule has 3 aromatic rings. The SMILES string of the molecule is O=C(CCCN1CCN(c2ccn3c(n2)nc2ccccc23)CC1)NCC12CC3CC(CC(C3)C1)C2. The molecule has 2 aromatic heterocycles. The Morgan fingerprint density at radius 2 is 1.67 bits per heavy atom. The average Bonchev–Trinajstić information content (AvgIpc) is 3.25. The Morgan fingerprint density at radius 3 is 2.42 bits per heavy atom. The molecule has 4 saturated carbocycles. The van der Waals surface area contributed by atoms with Crippen LogP contribution < -0.4 is 10.2 Å². The maximum Gasteiger partial charge on any atom is 0.236 e. The van der Waals surface area contributed by atoms with E-state index in [0.29, 0.717) is 11.8 Å². The van der Waals surface area contributed by atoms with Gasteiger partial charge >= 0.3 is 0 Å². The number of nitrogens with one attached hydrogen (secondary N) is 1. The number of piperazine rings is 1. The fourth-order valence-electron chi connectivity index (χ4n) is 8.26. The van der Waals surface area contributed by atoms with Crippen LogP contribution in [-0.4, -0.2) is 64.4 Å². The van der Waals surface area contributed by atoms with Gasteiger partial charge in [-0.1, -0.05) is 12.1 Å². The van der Waals surface area contributed by atoms with Crippen LogP contribution in [0.15, 0.2) is 36.5 Å². The van der Waals surface area contributed by atoms with E-state index in [4.69, 9.17) is 4.98 Å². The highest BCUT2D eigenvalue weighted by atomic mass is 16.1. The molecule has 3 heterocycles. The third-order valence-electron chi connectivity index (χ3n) is 9.56. The summed E-state index contributed by atoms with van der Waals surface area (Å²) in [5.74, 6) is 4.86. The van der Waals surface area contributed by atoms with Crippen molar-refractivity contribution in [3.63, 3.8) is 0 Å².